The molecule has 1 fully saturated rings. The van der Waals surface area contributed by atoms with Crippen molar-refractivity contribution < 1.29 is 4.79 Å². The van der Waals surface area contributed by atoms with Gasteiger partial charge in [-0.05, 0) is 56.0 Å². The molecule has 2 aromatic rings. The van der Waals surface area contributed by atoms with E-state index in [2.05, 4.69) is 32.1 Å². The van der Waals surface area contributed by atoms with Crippen LogP contribution in [0.5, 0.6) is 0 Å². The number of piperidine rings is 1. The Morgan fingerprint density at radius 1 is 1.12 bits per heavy atom. The first-order valence-electron chi connectivity index (χ1n) is 11.4. The first-order valence-corrected chi connectivity index (χ1v) is 11.4. The van der Waals surface area contributed by atoms with Crippen LogP contribution < -0.4 is 16.4 Å². The van der Waals surface area contributed by atoms with E-state index in [1.165, 1.54) is 12.6 Å². The molecule has 0 saturated carbocycles. The van der Waals surface area contributed by atoms with Gasteiger partial charge in [0, 0.05) is 36.2 Å². The summed E-state index contributed by atoms with van der Waals surface area (Å²) in [6, 6.07) is 14.8. The molecule has 1 amide bonds. The Labute approximate surface area is 199 Å². The minimum absolute atomic E-state index is 0.204. The number of carbonyl (C=O) groups excluding carboxylic acids is 1. The molecule has 2 aliphatic heterocycles. The maximum Gasteiger partial charge on any atom is 0.255 e. The predicted molar refractivity (Wildman–Crippen MR) is 139 cm³/mol. The van der Waals surface area contributed by atoms with Gasteiger partial charge in [0.05, 0.1) is 6.21 Å². The van der Waals surface area contributed by atoms with Crippen molar-refractivity contribution in [2.24, 2.45) is 20.7 Å². The van der Waals surface area contributed by atoms with E-state index in [-0.39, 0.29) is 5.91 Å². The van der Waals surface area contributed by atoms with Crippen LogP contribution in [0.2, 0.25) is 0 Å². The molecule has 8 nitrogen and oxygen atoms in total. The molecule has 4 N–H and O–H groups in total. The number of hydrogen-bond acceptors (Lipinski definition) is 7. The van der Waals surface area contributed by atoms with Crippen LogP contribution in [0.3, 0.4) is 0 Å². The maximum atomic E-state index is 12.8. The van der Waals surface area contributed by atoms with E-state index in [1.807, 2.05) is 43.3 Å². The standard InChI is InChI=1S/C26H29N7O/c1-3-28-22-17-29-26(33-14-8-5-9-15-33)32-23(22)24(27)31-21-16-19(13-12-18(21)2)25(34)30-20-10-6-4-7-11-20/h3-4,6-7,10-13,16-17,31H,1,5,8-9,14-15,27H2,2H3,(H,30,34)/b24-23-,28-22-. The smallest absolute Gasteiger partial charge is 0.255 e. The average Bonchev–Trinajstić information content (AvgIpc) is 2.87. The van der Waals surface area contributed by atoms with Gasteiger partial charge in [-0.15, -0.1) is 0 Å². The molecule has 0 bridgehead atoms. The van der Waals surface area contributed by atoms with Crippen LogP contribution >= 0.6 is 0 Å². The number of nitrogens with two attached hydrogens (primary N) is 1. The second-order valence-corrected chi connectivity index (χ2v) is 8.15. The fourth-order valence-electron chi connectivity index (χ4n) is 3.83. The summed E-state index contributed by atoms with van der Waals surface area (Å²) >= 11 is 0. The van der Waals surface area contributed by atoms with Crippen molar-refractivity contribution in [3.8, 4) is 0 Å². The van der Waals surface area contributed by atoms with Gasteiger partial charge >= 0.3 is 0 Å². The fraction of sp³-hybridized carbons (Fsp3) is 0.231. The van der Waals surface area contributed by atoms with Gasteiger partial charge in [-0.2, -0.15) is 0 Å². The number of aliphatic imine (C=N–C) groups is 3. The minimum atomic E-state index is -0.204. The number of rotatable bonds is 5. The third kappa shape index (κ3) is 5.40. The minimum Gasteiger partial charge on any atom is -0.383 e. The summed E-state index contributed by atoms with van der Waals surface area (Å²) in [7, 11) is 0. The molecular weight excluding hydrogens is 426 g/mol. The maximum absolute atomic E-state index is 12.8. The Bertz CT molecular complexity index is 1190. The largest absolute Gasteiger partial charge is 0.383 e. The lowest BCUT2D eigenvalue weighted by Gasteiger charge is -2.29. The summed E-state index contributed by atoms with van der Waals surface area (Å²) < 4.78 is 0. The van der Waals surface area contributed by atoms with E-state index < -0.39 is 0 Å². The number of anilines is 2. The van der Waals surface area contributed by atoms with E-state index >= 15 is 0 Å². The quantitative estimate of drug-likeness (QED) is 0.625. The molecule has 1 saturated heterocycles. The average molecular weight is 456 g/mol. The van der Waals surface area contributed by atoms with E-state index in [0.29, 0.717) is 34.4 Å². The van der Waals surface area contributed by atoms with Gasteiger partial charge in [-0.25, -0.2) is 9.98 Å². The molecule has 8 heteroatoms. The van der Waals surface area contributed by atoms with Crippen LogP contribution in [-0.2, 0) is 0 Å². The molecule has 0 spiro atoms. The molecule has 2 aromatic carbocycles. The number of hydrogen-bond donors (Lipinski definition) is 3. The lowest BCUT2D eigenvalue weighted by molar-refractivity contribution is 0.102. The molecule has 0 atom stereocenters. The molecule has 4 rings (SSSR count). The van der Waals surface area contributed by atoms with Crippen molar-refractivity contribution in [2.75, 3.05) is 23.7 Å². The molecule has 0 aromatic heterocycles. The van der Waals surface area contributed by atoms with E-state index in [1.54, 1.807) is 18.3 Å². The van der Waals surface area contributed by atoms with Gasteiger partial charge in [-0.3, -0.25) is 9.79 Å². The lowest BCUT2D eigenvalue weighted by atomic mass is 10.1. The summed E-state index contributed by atoms with van der Waals surface area (Å²) in [5.74, 6) is 0.754. The Hall–Kier alpha value is -4.20. The van der Waals surface area contributed by atoms with Gasteiger partial charge in [0.1, 0.15) is 17.2 Å². The molecule has 0 aliphatic carbocycles. The Morgan fingerprint density at radius 3 is 2.62 bits per heavy atom. The van der Waals surface area contributed by atoms with E-state index in [9.17, 15) is 4.79 Å². The van der Waals surface area contributed by atoms with E-state index in [4.69, 9.17) is 10.7 Å². The Kier molecular flexibility index (Phi) is 7.17. The summed E-state index contributed by atoms with van der Waals surface area (Å²) in [6.07, 6.45) is 6.56. The second kappa shape index (κ2) is 10.6. The van der Waals surface area contributed by atoms with Crippen LogP contribution in [0.1, 0.15) is 35.2 Å². The van der Waals surface area contributed by atoms with Gasteiger partial charge in [0.15, 0.2) is 0 Å². The highest BCUT2D eigenvalue weighted by Crippen LogP contribution is 2.22. The number of aryl methyl sites for hydroxylation is 1. The number of para-hydroxylation sites is 1. The first kappa shape index (κ1) is 23.0. The Balaban J connectivity index is 1.61. The SMILES string of the molecule is C=C/N=C1/C=NC(N2CCCCC2)=N/C1=C(/N)Nc1cc(C(=O)Nc2ccccc2)ccc1C. The molecule has 2 aliphatic rings. The van der Waals surface area contributed by atoms with Crippen LogP contribution in [-0.4, -0.2) is 41.8 Å². The summed E-state index contributed by atoms with van der Waals surface area (Å²) in [5.41, 5.74) is 10.4. The van der Waals surface area contributed by atoms with Crippen molar-refractivity contribution in [1.82, 2.24) is 4.90 Å². The number of carbonyl (C=O) groups is 1. The fourth-order valence-corrected chi connectivity index (χ4v) is 3.83. The highest BCUT2D eigenvalue weighted by molar-refractivity contribution is 6.41. The lowest BCUT2D eigenvalue weighted by Crippen LogP contribution is -2.37. The molecule has 0 unspecified atom stereocenters. The zero-order chi connectivity index (χ0) is 23.9. The number of guanidine groups is 1. The molecule has 2 heterocycles. The van der Waals surface area contributed by atoms with Gasteiger partial charge in [0.2, 0.25) is 5.96 Å². The highest BCUT2D eigenvalue weighted by Gasteiger charge is 2.21. The summed E-state index contributed by atoms with van der Waals surface area (Å²) in [4.78, 5) is 28.4. The van der Waals surface area contributed by atoms with Crippen molar-refractivity contribution in [2.45, 2.75) is 26.2 Å². The first-order chi connectivity index (χ1) is 16.5. The van der Waals surface area contributed by atoms with Gasteiger partial charge in [-0.1, -0.05) is 30.8 Å². The van der Waals surface area contributed by atoms with Crippen LogP contribution in [0.4, 0.5) is 11.4 Å². The van der Waals surface area contributed by atoms with Crippen molar-refractivity contribution in [3.63, 3.8) is 0 Å². The number of nitrogens with zero attached hydrogens (tertiary/aromatic N) is 4. The highest BCUT2D eigenvalue weighted by atomic mass is 16.1. The third-order valence-corrected chi connectivity index (χ3v) is 5.68. The normalized spacial score (nSPS) is 18.3. The molecule has 174 valence electrons. The monoisotopic (exact) mass is 455 g/mol. The van der Waals surface area contributed by atoms with Crippen LogP contribution in [0, 0.1) is 6.92 Å². The zero-order valence-electron chi connectivity index (χ0n) is 19.3. The van der Waals surface area contributed by atoms with Crippen molar-refractivity contribution in [3.05, 3.63) is 84.0 Å². The summed E-state index contributed by atoms with van der Waals surface area (Å²) in [5, 5.41) is 6.13. The molecule has 0 radical (unpaired) electrons. The van der Waals surface area contributed by atoms with Gasteiger partial charge < -0.3 is 21.3 Å². The number of nitrogens with one attached hydrogen (secondary N) is 2. The topological polar surface area (TPSA) is 107 Å². The van der Waals surface area contributed by atoms with Gasteiger partial charge in [0.25, 0.3) is 5.91 Å². The predicted octanol–water partition coefficient (Wildman–Crippen LogP) is 4.30. The molecular formula is C26H29N7O. The number of benzene rings is 2. The zero-order valence-corrected chi connectivity index (χ0v) is 19.3. The van der Waals surface area contributed by atoms with Crippen LogP contribution in [0.25, 0.3) is 0 Å². The van der Waals surface area contributed by atoms with Crippen molar-refractivity contribution in [1.29, 1.82) is 0 Å². The number of amides is 1. The number of allylic oxidation sites excluding steroid dienone is 1. The Morgan fingerprint density at radius 2 is 1.88 bits per heavy atom. The third-order valence-electron chi connectivity index (χ3n) is 5.68. The van der Waals surface area contributed by atoms with E-state index in [0.717, 1.165) is 37.2 Å². The van der Waals surface area contributed by atoms with Crippen molar-refractivity contribution >= 4 is 35.2 Å². The second-order valence-electron chi connectivity index (χ2n) is 8.15. The van der Waals surface area contributed by atoms with Crippen LogP contribution in [0.15, 0.2) is 87.8 Å². The molecule has 34 heavy (non-hydrogen) atoms. The number of likely N-dealkylation sites (tertiary alicyclic amines) is 1. The summed E-state index contributed by atoms with van der Waals surface area (Å²) in [6.45, 7) is 7.47.